The summed E-state index contributed by atoms with van der Waals surface area (Å²) < 4.78 is 4.96. The van der Waals surface area contributed by atoms with Crippen LogP contribution < -0.4 is 5.32 Å². The standard InChI is InChI=1S/C24H24N4O2.C2H6/c1-15-7-9-17(10-8-15)24(11-4-12-24)20-13-25-22-18(20)5-3-6-19(22)23(29)26-14-21-27-16(2)30-28-21;1-2/h3,5-10,13,25H,4,11-12,14H2,1-2H3,(H,26,29);1-2H3. The lowest BCUT2D eigenvalue weighted by atomic mass is 9.60. The molecule has 6 nitrogen and oxygen atoms in total. The first-order valence-electron chi connectivity index (χ1n) is 11.3. The monoisotopic (exact) mass is 430 g/mol. The van der Waals surface area contributed by atoms with Gasteiger partial charge in [0.2, 0.25) is 5.89 Å². The molecule has 5 rings (SSSR count). The van der Waals surface area contributed by atoms with Crippen molar-refractivity contribution in [3.8, 4) is 0 Å². The van der Waals surface area contributed by atoms with Crippen molar-refractivity contribution in [2.75, 3.05) is 0 Å². The SMILES string of the molecule is CC.Cc1ccc(C2(c3c[nH]c4c(C(=O)NCc5noc(C)n5)cccc34)CCC2)cc1. The summed E-state index contributed by atoms with van der Waals surface area (Å²) in [7, 11) is 0. The number of hydrogen-bond acceptors (Lipinski definition) is 4. The second-order valence-corrected chi connectivity index (χ2v) is 8.14. The number of carbonyl (C=O) groups excluding carboxylic acids is 1. The van der Waals surface area contributed by atoms with Crippen molar-refractivity contribution in [1.82, 2.24) is 20.4 Å². The molecule has 1 saturated carbocycles. The van der Waals surface area contributed by atoms with Crippen molar-refractivity contribution >= 4 is 16.8 Å². The summed E-state index contributed by atoms with van der Waals surface area (Å²) in [4.78, 5) is 20.4. The number of para-hydroxylation sites is 1. The Morgan fingerprint density at radius 1 is 1.12 bits per heavy atom. The highest BCUT2D eigenvalue weighted by atomic mass is 16.5. The number of nitrogens with one attached hydrogen (secondary N) is 2. The Kier molecular flexibility index (Phi) is 6.12. The van der Waals surface area contributed by atoms with Gasteiger partial charge in [0.1, 0.15) is 0 Å². The van der Waals surface area contributed by atoms with E-state index in [0.717, 1.165) is 23.7 Å². The van der Waals surface area contributed by atoms with E-state index in [-0.39, 0.29) is 17.9 Å². The largest absolute Gasteiger partial charge is 0.360 e. The van der Waals surface area contributed by atoms with Gasteiger partial charge in [0, 0.05) is 23.9 Å². The van der Waals surface area contributed by atoms with Crippen LogP contribution in [0.15, 0.2) is 53.2 Å². The van der Waals surface area contributed by atoms with E-state index in [1.807, 2.05) is 26.0 Å². The van der Waals surface area contributed by atoms with Gasteiger partial charge in [-0.2, -0.15) is 4.98 Å². The molecule has 166 valence electrons. The molecule has 1 fully saturated rings. The maximum absolute atomic E-state index is 12.9. The van der Waals surface area contributed by atoms with E-state index in [9.17, 15) is 4.79 Å². The minimum atomic E-state index is -0.158. The fourth-order valence-electron chi connectivity index (χ4n) is 4.52. The third-order valence-electron chi connectivity index (χ3n) is 6.26. The first-order valence-corrected chi connectivity index (χ1v) is 11.3. The third-order valence-corrected chi connectivity index (χ3v) is 6.26. The number of aromatic nitrogens is 3. The van der Waals surface area contributed by atoms with E-state index in [4.69, 9.17) is 4.52 Å². The van der Waals surface area contributed by atoms with E-state index in [1.165, 1.54) is 23.1 Å². The molecule has 2 aromatic heterocycles. The van der Waals surface area contributed by atoms with Crippen LogP contribution in [0.1, 0.15) is 71.9 Å². The second-order valence-electron chi connectivity index (χ2n) is 8.14. The maximum Gasteiger partial charge on any atom is 0.253 e. The van der Waals surface area contributed by atoms with Gasteiger partial charge in [-0.3, -0.25) is 4.79 Å². The molecular weight excluding hydrogens is 400 g/mol. The van der Waals surface area contributed by atoms with Crippen LogP contribution >= 0.6 is 0 Å². The number of hydrogen-bond donors (Lipinski definition) is 2. The van der Waals surface area contributed by atoms with Gasteiger partial charge in [-0.05, 0) is 37.0 Å². The van der Waals surface area contributed by atoms with Gasteiger partial charge in [0.05, 0.1) is 17.6 Å². The average molecular weight is 431 g/mol. The van der Waals surface area contributed by atoms with Crippen molar-refractivity contribution in [3.05, 3.63) is 82.6 Å². The van der Waals surface area contributed by atoms with Crippen LogP contribution in [-0.4, -0.2) is 21.0 Å². The lowest BCUT2D eigenvalue weighted by Crippen LogP contribution is -2.35. The number of aryl methyl sites for hydroxylation is 2. The van der Waals surface area contributed by atoms with Crippen LogP contribution in [0.5, 0.6) is 0 Å². The fraction of sp³-hybridized carbons (Fsp3) is 0.346. The molecule has 4 aromatic rings. The highest BCUT2D eigenvalue weighted by Gasteiger charge is 2.42. The number of amides is 1. The average Bonchev–Trinajstić information content (AvgIpc) is 3.40. The Labute approximate surface area is 188 Å². The van der Waals surface area contributed by atoms with E-state index < -0.39 is 0 Å². The van der Waals surface area contributed by atoms with Crippen molar-refractivity contribution in [3.63, 3.8) is 0 Å². The van der Waals surface area contributed by atoms with Crippen LogP contribution in [0, 0.1) is 13.8 Å². The topological polar surface area (TPSA) is 83.8 Å². The molecular formula is C26H30N4O2. The Morgan fingerprint density at radius 2 is 1.88 bits per heavy atom. The Balaban J connectivity index is 0.00000119. The van der Waals surface area contributed by atoms with E-state index in [1.54, 1.807) is 6.92 Å². The van der Waals surface area contributed by atoms with Crippen molar-refractivity contribution < 1.29 is 9.32 Å². The number of benzene rings is 2. The van der Waals surface area contributed by atoms with Crippen molar-refractivity contribution in [2.24, 2.45) is 0 Å². The van der Waals surface area contributed by atoms with Crippen LogP contribution in [0.4, 0.5) is 0 Å². The molecule has 2 N–H and O–H groups in total. The molecule has 32 heavy (non-hydrogen) atoms. The summed E-state index contributed by atoms with van der Waals surface area (Å²) in [5, 5.41) is 7.83. The maximum atomic E-state index is 12.9. The van der Waals surface area contributed by atoms with Crippen LogP contribution in [0.2, 0.25) is 0 Å². The number of rotatable bonds is 5. The minimum Gasteiger partial charge on any atom is -0.360 e. The number of nitrogens with zero attached hydrogens (tertiary/aromatic N) is 2. The molecule has 6 heteroatoms. The highest BCUT2D eigenvalue weighted by Crippen LogP contribution is 2.51. The molecule has 0 atom stereocenters. The summed E-state index contributed by atoms with van der Waals surface area (Å²) in [6.07, 6.45) is 5.54. The Morgan fingerprint density at radius 3 is 2.50 bits per heavy atom. The lowest BCUT2D eigenvalue weighted by molar-refractivity contribution is 0.0951. The van der Waals surface area contributed by atoms with Gasteiger partial charge in [-0.15, -0.1) is 0 Å². The van der Waals surface area contributed by atoms with Gasteiger partial charge in [-0.1, -0.05) is 67.4 Å². The fourth-order valence-corrected chi connectivity index (χ4v) is 4.52. The van der Waals surface area contributed by atoms with Crippen LogP contribution in [0.3, 0.4) is 0 Å². The molecule has 0 radical (unpaired) electrons. The number of aromatic amines is 1. The van der Waals surface area contributed by atoms with Crippen molar-refractivity contribution in [1.29, 1.82) is 0 Å². The molecule has 0 unspecified atom stereocenters. The van der Waals surface area contributed by atoms with E-state index >= 15 is 0 Å². The molecule has 1 aliphatic carbocycles. The van der Waals surface area contributed by atoms with E-state index in [0.29, 0.717) is 17.3 Å². The molecule has 0 aliphatic heterocycles. The molecule has 1 amide bonds. The van der Waals surface area contributed by atoms with Gasteiger partial charge in [-0.25, -0.2) is 0 Å². The first-order chi connectivity index (χ1) is 15.6. The molecule has 2 aromatic carbocycles. The van der Waals surface area contributed by atoms with Gasteiger partial charge >= 0.3 is 0 Å². The number of fused-ring (bicyclic) bond motifs is 1. The van der Waals surface area contributed by atoms with Gasteiger partial charge in [0.15, 0.2) is 5.82 Å². The molecule has 2 heterocycles. The summed E-state index contributed by atoms with van der Waals surface area (Å²) >= 11 is 0. The Bertz CT molecular complexity index is 1220. The Hall–Kier alpha value is -3.41. The molecule has 0 saturated heterocycles. The number of carbonyl (C=O) groups is 1. The van der Waals surface area contributed by atoms with Gasteiger partial charge in [0.25, 0.3) is 5.91 Å². The first kappa shape index (κ1) is 21.8. The minimum absolute atomic E-state index is 0.0171. The quantitative estimate of drug-likeness (QED) is 0.432. The molecule has 1 aliphatic rings. The predicted octanol–water partition coefficient (Wildman–Crippen LogP) is 5.59. The summed E-state index contributed by atoms with van der Waals surface area (Å²) in [6, 6.07) is 14.8. The normalized spacial score (nSPS) is 14.4. The van der Waals surface area contributed by atoms with Crippen LogP contribution in [0.25, 0.3) is 10.9 Å². The predicted molar refractivity (Wildman–Crippen MR) is 126 cm³/mol. The second kappa shape index (κ2) is 8.99. The third kappa shape index (κ3) is 3.81. The summed E-state index contributed by atoms with van der Waals surface area (Å²) in [6.45, 7) is 8.07. The molecule has 0 spiro atoms. The number of H-pyrrole nitrogens is 1. The zero-order valence-electron chi connectivity index (χ0n) is 19.2. The zero-order chi connectivity index (χ0) is 22.7. The van der Waals surface area contributed by atoms with Crippen LogP contribution in [-0.2, 0) is 12.0 Å². The lowest BCUT2D eigenvalue weighted by Gasteiger charge is -2.42. The van der Waals surface area contributed by atoms with Gasteiger partial charge < -0.3 is 14.8 Å². The van der Waals surface area contributed by atoms with Crippen molar-refractivity contribution in [2.45, 2.75) is 58.9 Å². The highest BCUT2D eigenvalue weighted by molar-refractivity contribution is 6.06. The molecule has 0 bridgehead atoms. The summed E-state index contributed by atoms with van der Waals surface area (Å²) in [5.41, 5.74) is 5.40. The van der Waals surface area contributed by atoms with E-state index in [2.05, 4.69) is 63.9 Å². The smallest absolute Gasteiger partial charge is 0.253 e. The zero-order valence-corrected chi connectivity index (χ0v) is 19.2. The summed E-state index contributed by atoms with van der Waals surface area (Å²) in [5.74, 6) is 0.791.